The Morgan fingerprint density at radius 3 is 2.44 bits per heavy atom. The second kappa shape index (κ2) is 8.11. The van der Waals surface area contributed by atoms with Crippen molar-refractivity contribution in [3.8, 4) is 0 Å². The van der Waals surface area contributed by atoms with Gasteiger partial charge in [0.25, 0.3) is 0 Å². The molecule has 3 nitrogen and oxygen atoms in total. The Bertz CT molecular complexity index is 361. The van der Waals surface area contributed by atoms with Crippen molar-refractivity contribution in [2.45, 2.75) is 26.8 Å². The average Bonchev–Trinajstić information content (AvgIpc) is 2.38. The summed E-state index contributed by atoms with van der Waals surface area (Å²) in [6, 6.07) is 7.86. The van der Waals surface area contributed by atoms with Gasteiger partial charge < -0.3 is 4.84 Å². The van der Waals surface area contributed by atoms with Crippen molar-refractivity contribution in [1.29, 1.82) is 0 Å². The number of oxime groups is 1. The minimum Gasteiger partial charge on any atom is -0.394 e. The number of nitrogens with zero attached hydrogens (tertiary/aromatic N) is 2. The molecular formula is C14H21ClN2O. The maximum absolute atomic E-state index is 5.80. The molecule has 0 radical (unpaired) electrons. The van der Waals surface area contributed by atoms with Crippen molar-refractivity contribution < 1.29 is 4.84 Å². The Labute approximate surface area is 114 Å². The summed E-state index contributed by atoms with van der Waals surface area (Å²) in [5.41, 5.74) is 0.981. The van der Waals surface area contributed by atoms with Gasteiger partial charge in [-0.2, -0.15) is 0 Å². The molecule has 1 atom stereocenters. The number of likely N-dealkylation sites (N-methyl/N-ethyl adjacent to an activating group) is 1. The van der Waals surface area contributed by atoms with Gasteiger partial charge in [0.05, 0.1) is 6.21 Å². The number of rotatable bonds is 7. The zero-order valence-corrected chi connectivity index (χ0v) is 12.0. The van der Waals surface area contributed by atoms with Gasteiger partial charge in [0.2, 0.25) is 0 Å². The highest BCUT2D eigenvalue weighted by Gasteiger charge is 2.09. The van der Waals surface area contributed by atoms with E-state index in [4.69, 9.17) is 16.4 Å². The smallest absolute Gasteiger partial charge is 0.132 e. The molecule has 1 aromatic carbocycles. The topological polar surface area (TPSA) is 24.8 Å². The van der Waals surface area contributed by atoms with E-state index < -0.39 is 0 Å². The first-order valence-electron chi connectivity index (χ1n) is 6.32. The molecule has 0 spiro atoms. The quantitative estimate of drug-likeness (QED) is 0.559. The molecule has 4 heteroatoms. The third-order valence-electron chi connectivity index (χ3n) is 2.90. The predicted molar refractivity (Wildman–Crippen MR) is 77.4 cm³/mol. The molecule has 0 fully saturated rings. The largest absolute Gasteiger partial charge is 0.394 e. The fraction of sp³-hybridized carbons (Fsp3) is 0.500. The van der Waals surface area contributed by atoms with Gasteiger partial charge in [0, 0.05) is 11.1 Å². The Hall–Kier alpha value is -1.06. The van der Waals surface area contributed by atoms with E-state index in [1.165, 1.54) is 0 Å². The summed E-state index contributed by atoms with van der Waals surface area (Å²) in [6.07, 6.45) is 1.70. The lowest BCUT2D eigenvalue weighted by Gasteiger charge is -2.24. The standard InChI is InChI=1S/C14H21ClN2O/c1-4-17(5-2)12(3)11-18-16-10-13-6-8-14(15)9-7-13/h6-10,12H,4-5,11H2,1-3H3/b16-10+. The number of halogens is 1. The number of benzene rings is 1. The molecular weight excluding hydrogens is 248 g/mol. The van der Waals surface area contributed by atoms with Crippen LogP contribution in [0.3, 0.4) is 0 Å². The van der Waals surface area contributed by atoms with Crippen LogP contribution in [0.5, 0.6) is 0 Å². The van der Waals surface area contributed by atoms with Crippen LogP contribution in [0.4, 0.5) is 0 Å². The lowest BCUT2D eigenvalue weighted by atomic mass is 10.2. The lowest BCUT2D eigenvalue weighted by Crippen LogP contribution is -2.35. The van der Waals surface area contributed by atoms with Gasteiger partial charge in [-0.25, -0.2) is 0 Å². The Kier molecular flexibility index (Phi) is 6.76. The minimum atomic E-state index is 0.377. The van der Waals surface area contributed by atoms with Crippen molar-refractivity contribution in [2.24, 2.45) is 5.16 Å². The van der Waals surface area contributed by atoms with E-state index in [0.29, 0.717) is 12.6 Å². The van der Waals surface area contributed by atoms with Crippen molar-refractivity contribution >= 4 is 17.8 Å². The molecule has 0 saturated heterocycles. The van der Waals surface area contributed by atoms with Crippen molar-refractivity contribution in [3.05, 3.63) is 34.9 Å². The predicted octanol–water partition coefficient (Wildman–Crippen LogP) is 3.42. The molecule has 0 aliphatic rings. The molecule has 1 rings (SSSR count). The molecule has 1 aromatic rings. The molecule has 0 saturated carbocycles. The fourth-order valence-electron chi connectivity index (χ4n) is 1.75. The van der Waals surface area contributed by atoms with E-state index in [0.717, 1.165) is 23.7 Å². The molecule has 100 valence electrons. The second-order valence-corrected chi connectivity index (χ2v) is 4.59. The first-order valence-corrected chi connectivity index (χ1v) is 6.70. The van der Waals surface area contributed by atoms with Gasteiger partial charge >= 0.3 is 0 Å². The van der Waals surface area contributed by atoms with Gasteiger partial charge in [-0.1, -0.05) is 42.7 Å². The fourth-order valence-corrected chi connectivity index (χ4v) is 1.88. The van der Waals surface area contributed by atoms with E-state index in [9.17, 15) is 0 Å². The van der Waals surface area contributed by atoms with E-state index >= 15 is 0 Å². The van der Waals surface area contributed by atoms with Crippen LogP contribution < -0.4 is 0 Å². The van der Waals surface area contributed by atoms with Crippen LogP contribution in [0, 0.1) is 0 Å². The van der Waals surface area contributed by atoms with Gasteiger partial charge in [-0.15, -0.1) is 0 Å². The van der Waals surface area contributed by atoms with Crippen LogP contribution in [0.15, 0.2) is 29.4 Å². The molecule has 0 heterocycles. The second-order valence-electron chi connectivity index (χ2n) is 4.15. The zero-order valence-electron chi connectivity index (χ0n) is 11.3. The first kappa shape index (κ1) is 15.0. The monoisotopic (exact) mass is 268 g/mol. The van der Waals surface area contributed by atoms with Crippen LogP contribution in [0.25, 0.3) is 0 Å². The van der Waals surface area contributed by atoms with Crippen LogP contribution in [0.1, 0.15) is 26.3 Å². The normalized spacial score (nSPS) is 13.2. The SMILES string of the molecule is CCN(CC)C(C)CO/N=C/c1ccc(Cl)cc1. The Morgan fingerprint density at radius 2 is 1.89 bits per heavy atom. The van der Waals surface area contributed by atoms with E-state index in [2.05, 4.69) is 30.8 Å². The summed E-state index contributed by atoms with van der Waals surface area (Å²) >= 11 is 5.80. The maximum atomic E-state index is 5.80. The average molecular weight is 269 g/mol. The van der Waals surface area contributed by atoms with Crippen LogP contribution in [-0.2, 0) is 4.84 Å². The zero-order chi connectivity index (χ0) is 13.4. The molecule has 18 heavy (non-hydrogen) atoms. The third-order valence-corrected chi connectivity index (χ3v) is 3.15. The van der Waals surface area contributed by atoms with E-state index in [1.54, 1.807) is 6.21 Å². The molecule has 0 aliphatic heterocycles. The third kappa shape index (κ3) is 5.07. The summed E-state index contributed by atoms with van der Waals surface area (Å²) < 4.78 is 0. The summed E-state index contributed by atoms with van der Waals surface area (Å²) in [6.45, 7) is 9.11. The van der Waals surface area contributed by atoms with Gasteiger partial charge in [-0.05, 0) is 37.7 Å². The van der Waals surface area contributed by atoms with Crippen molar-refractivity contribution in [1.82, 2.24) is 4.90 Å². The summed E-state index contributed by atoms with van der Waals surface area (Å²) in [5.74, 6) is 0. The van der Waals surface area contributed by atoms with Crippen LogP contribution >= 0.6 is 11.6 Å². The summed E-state index contributed by atoms with van der Waals surface area (Å²) in [4.78, 5) is 7.64. The lowest BCUT2D eigenvalue weighted by molar-refractivity contribution is 0.0765. The highest BCUT2D eigenvalue weighted by atomic mass is 35.5. The van der Waals surface area contributed by atoms with E-state index in [1.807, 2.05) is 24.3 Å². The Balaban J connectivity index is 2.35. The summed E-state index contributed by atoms with van der Waals surface area (Å²) in [5, 5.41) is 4.69. The number of hydrogen-bond acceptors (Lipinski definition) is 3. The Morgan fingerprint density at radius 1 is 1.28 bits per heavy atom. The van der Waals surface area contributed by atoms with Crippen molar-refractivity contribution in [2.75, 3.05) is 19.7 Å². The molecule has 0 N–H and O–H groups in total. The molecule has 1 unspecified atom stereocenters. The minimum absolute atomic E-state index is 0.377. The van der Waals surface area contributed by atoms with Crippen LogP contribution in [0.2, 0.25) is 5.02 Å². The maximum Gasteiger partial charge on any atom is 0.132 e. The van der Waals surface area contributed by atoms with E-state index in [-0.39, 0.29) is 0 Å². The van der Waals surface area contributed by atoms with Crippen LogP contribution in [-0.4, -0.2) is 36.9 Å². The highest BCUT2D eigenvalue weighted by Crippen LogP contribution is 2.08. The van der Waals surface area contributed by atoms with Crippen molar-refractivity contribution in [3.63, 3.8) is 0 Å². The van der Waals surface area contributed by atoms with Gasteiger partial charge in [0.15, 0.2) is 0 Å². The molecule has 0 amide bonds. The first-order chi connectivity index (χ1) is 8.67. The van der Waals surface area contributed by atoms with Gasteiger partial charge in [-0.3, -0.25) is 4.90 Å². The highest BCUT2D eigenvalue weighted by molar-refractivity contribution is 6.30. The molecule has 0 aromatic heterocycles. The molecule has 0 bridgehead atoms. The summed E-state index contributed by atoms with van der Waals surface area (Å²) in [7, 11) is 0. The number of hydrogen-bond donors (Lipinski definition) is 0. The van der Waals surface area contributed by atoms with Gasteiger partial charge in [0.1, 0.15) is 6.61 Å². The molecule has 0 aliphatic carbocycles.